The Morgan fingerprint density at radius 3 is 2.25 bits per heavy atom. The molecule has 24 heavy (non-hydrogen) atoms. The van der Waals surface area contributed by atoms with Gasteiger partial charge in [-0.05, 0) is 51.1 Å². The fourth-order valence-corrected chi connectivity index (χ4v) is 1.22. The van der Waals surface area contributed by atoms with Gasteiger partial charge >= 0.3 is 0 Å². The number of nitrogens with one attached hydrogen (secondary N) is 1. The molecule has 0 saturated carbocycles. The Morgan fingerprint density at radius 2 is 1.79 bits per heavy atom. The van der Waals surface area contributed by atoms with Crippen molar-refractivity contribution in [3.8, 4) is 6.07 Å². The zero-order valence-corrected chi connectivity index (χ0v) is 15.2. The predicted octanol–water partition coefficient (Wildman–Crippen LogP) is 4.43. The first-order valence-electron chi connectivity index (χ1n) is 7.95. The van der Waals surface area contributed by atoms with Gasteiger partial charge in [0.25, 0.3) is 0 Å². The first kappa shape index (κ1) is 23.7. The number of nitriles is 1. The molecule has 132 valence electrons. The second-order valence-corrected chi connectivity index (χ2v) is 4.26. The van der Waals surface area contributed by atoms with Gasteiger partial charge in [-0.3, -0.25) is 4.99 Å². The Bertz CT molecular complexity index is 549. The van der Waals surface area contributed by atoms with E-state index in [-0.39, 0.29) is 12.4 Å². The number of anilines is 1. The Morgan fingerprint density at radius 1 is 1.25 bits per heavy atom. The van der Waals surface area contributed by atoms with Gasteiger partial charge in [-0.25, -0.2) is 0 Å². The molecule has 0 unspecified atom stereocenters. The smallest absolute Gasteiger partial charge is 0.110 e. The molecule has 0 aliphatic rings. The van der Waals surface area contributed by atoms with Gasteiger partial charge in [-0.15, -0.1) is 0 Å². The molecule has 0 saturated heterocycles. The molecule has 0 heterocycles. The first-order chi connectivity index (χ1) is 11.5. The van der Waals surface area contributed by atoms with Gasteiger partial charge in [0.15, 0.2) is 0 Å². The number of benzene rings is 1. The maximum atomic E-state index is 9.12. The van der Waals surface area contributed by atoms with E-state index in [4.69, 9.17) is 15.5 Å². The molecule has 1 rings (SSSR count). The lowest BCUT2D eigenvalue weighted by Gasteiger charge is -2.01. The van der Waals surface area contributed by atoms with Crippen LogP contribution in [0.4, 0.5) is 5.69 Å². The molecule has 1 aromatic carbocycles. The number of aliphatic hydroxyl groups is 2. The summed E-state index contributed by atoms with van der Waals surface area (Å²) in [4.78, 5) is 4.04. The topological polar surface area (TPSA) is 88.6 Å². The number of aliphatic imine (C=N–C) groups is 1. The lowest BCUT2D eigenvalue weighted by Crippen LogP contribution is -1.97. The van der Waals surface area contributed by atoms with Crippen LogP contribution in [-0.4, -0.2) is 29.6 Å². The van der Waals surface area contributed by atoms with Crippen LogP contribution < -0.4 is 5.32 Å². The van der Waals surface area contributed by atoms with E-state index < -0.39 is 0 Å². The van der Waals surface area contributed by atoms with E-state index in [2.05, 4.69) is 16.4 Å². The summed E-state index contributed by atoms with van der Waals surface area (Å²) in [6, 6.07) is 9.34. The molecule has 0 atom stereocenters. The highest BCUT2D eigenvalue weighted by molar-refractivity contribution is 5.72. The minimum Gasteiger partial charge on any atom is -0.511 e. The highest BCUT2D eigenvalue weighted by Gasteiger charge is 1.90. The van der Waals surface area contributed by atoms with E-state index in [0.717, 1.165) is 5.69 Å². The van der Waals surface area contributed by atoms with Crippen molar-refractivity contribution in [2.45, 2.75) is 34.6 Å². The zero-order chi connectivity index (χ0) is 18.8. The van der Waals surface area contributed by atoms with E-state index in [1.807, 2.05) is 38.1 Å². The summed E-state index contributed by atoms with van der Waals surface area (Å²) < 4.78 is 0. The van der Waals surface area contributed by atoms with Crippen molar-refractivity contribution < 1.29 is 10.2 Å². The molecular weight excluding hydrogens is 302 g/mol. The van der Waals surface area contributed by atoms with Crippen LogP contribution in [-0.2, 0) is 0 Å². The van der Waals surface area contributed by atoms with Crippen LogP contribution in [0.25, 0.3) is 0 Å². The second kappa shape index (κ2) is 16.8. The third-order valence-electron chi connectivity index (χ3n) is 2.45. The van der Waals surface area contributed by atoms with Crippen molar-refractivity contribution in [1.29, 1.82) is 5.26 Å². The highest BCUT2D eigenvalue weighted by atomic mass is 16.3. The lowest BCUT2D eigenvalue weighted by atomic mass is 10.2. The summed E-state index contributed by atoms with van der Waals surface area (Å²) in [7, 11) is 0. The number of hydrogen-bond donors (Lipinski definition) is 3. The number of nitrogens with zero attached hydrogens (tertiary/aromatic N) is 2. The Hall–Kier alpha value is -2.58. The van der Waals surface area contributed by atoms with Gasteiger partial charge in [0.1, 0.15) is 5.76 Å². The summed E-state index contributed by atoms with van der Waals surface area (Å²) in [6.07, 6.45) is 5.36. The van der Waals surface area contributed by atoms with Gasteiger partial charge in [-0.2, -0.15) is 5.26 Å². The average molecular weight is 331 g/mol. The lowest BCUT2D eigenvalue weighted by molar-refractivity contribution is 0.318. The van der Waals surface area contributed by atoms with E-state index in [9.17, 15) is 0 Å². The van der Waals surface area contributed by atoms with E-state index in [0.29, 0.717) is 17.8 Å². The zero-order valence-electron chi connectivity index (χ0n) is 15.2. The molecule has 0 radical (unpaired) electrons. The maximum absolute atomic E-state index is 9.12. The standard InChI is InChI=1S/C15H17N3O.C2H6O.C2H6/c1-12(13(2)19)17-9-3-4-10-18-15-7-5-14(11-16)6-8-15;1-2-3;1-2/h3-9,18-19H,10H2,1-2H3;3H,2H2,1H3;1-2H3/b4-3+,13-12+,17-9+;;. The molecule has 3 N–H and O–H groups in total. The Labute approximate surface area is 145 Å². The summed E-state index contributed by atoms with van der Waals surface area (Å²) in [5, 5.41) is 28.5. The molecule has 0 bridgehead atoms. The molecular formula is C19H29N3O2. The molecule has 0 aliphatic carbocycles. The van der Waals surface area contributed by atoms with Gasteiger partial charge in [0.2, 0.25) is 0 Å². The van der Waals surface area contributed by atoms with E-state index in [1.165, 1.54) is 0 Å². The van der Waals surface area contributed by atoms with Crippen molar-refractivity contribution in [3.05, 3.63) is 53.4 Å². The summed E-state index contributed by atoms with van der Waals surface area (Å²) in [5.74, 6) is 0.223. The number of hydrogen-bond acceptors (Lipinski definition) is 5. The second-order valence-electron chi connectivity index (χ2n) is 4.26. The predicted molar refractivity (Wildman–Crippen MR) is 102 cm³/mol. The average Bonchev–Trinajstić information content (AvgIpc) is 2.60. The van der Waals surface area contributed by atoms with Crippen molar-refractivity contribution in [1.82, 2.24) is 0 Å². The quantitative estimate of drug-likeness (QED) is 0.550. The normalized spacial score (nSPS) is 10.9. The third-order valence-corrected chi connectivity index (χ3v) is 2.45. The SMILES string of the molecule is CC.CCO.C\C(O)=C(C)/N=C/C=C/CNc1ccc(C#N)cc1. The van der Waals surface area contributed by atoms with Crippen molar-refractivity contribution in [2.24, 2.45) is 4.99 Å². The van der Waals surface area contributed by atoms with Crippen LogP contribution >= 0.6 is 0 Å². The first-order valence-corrected chi connectivity index (χ1v) is 7.95. The Balaban J connectivity index is 0. The number of allylic oxidation sites excluding steroid dienone is 3. The third kappa shape index (κ3) is 13.1. The molecule has 0 aliphatic heterocycles. The van der Waals surface area contributed by atoms with Gasteiger partial charge in [0, 0.05) is 25.1 Å². The molecule has 0 aromatic heterocycles. The fraction of sp³-hybridized carbons (Fsp3) is 0.368. The number of rotatable bonds is 5. The number of aliphatic hydroxyl groups excluding tert-OH is 2. The minimum atomic E-state index is 0.223. The van der Waals surface area contributed by atoms with E-state index >= 15 is 0 Å². The molecule has 0 amide bonds. The van der Waals surface area contributed by atoms with Crippen LogP contribution in [0.2, 0.25) is 0 Å². The van der Waals surface area contributed by atoms with Crippen molar-refractivity contribution in [3.63, 3.8) is 0 Å². The fourth-order valence-electron chi connectivity index (χ4n) is 1.22. The van der Waals surface area contributed by atoms with Crippen LogP contribution in [0.3, 0.4) is 0 Å². The monoisotopic (exact) mass is 331 g/mol. The van der Waals surface area contributed by atoms with Gasteiger partial charge in [-0.1, -0.05) is 19.9 Å². The molecule has 0 spiro atoms. The van der Waals surface area contributed by atoms with Crippen molar-refractivity contribution >= 4 is 11.9 Å². The Kier molecular flexibility index (Phi) is 16.6. The van der Waals surface area contributed by atoms with Crippen LogP contribution in [0, 0.1) is 11.3 Å². The molecule has 1 aromatic rings. The highest BCUT2D eigenvalue weighted by Crippen LogP contribution is 2.08. The molecule has 5 nitrogen and oxygen atoms in total. The van der Waals surface area contributed by atoms with E-state index in [1.54, 1.807) is 39.1 Å². The summed E-state index contributed by atoms with van der Waals surface area (Å²) in [5.41, 5.74) is 2.21. The molecule has 0 fully saturated rings. The molecule has 5 heteroatoms. The van der Waals surface area contributed by atoms with Gasteiger partial charge in [0.05, 0.1) is 17.3 Å². The van der Waals surface area contributed by atoms with Crippen molar-refractivity contribution in [2.75, 3.05) is 18.5 Å². The summed E-state index contributed by atoms with van der Waals surface area (Å²) in [6.45, 7) is 9.94. The van der Waals surface area contributed by atoms with Crippen LogP contribution in [0.15, 0.2) is 52.9 Å². The minimum absolute atomic E-state index is 0.223. The maximum Gasteiger partial charge on any atom is 0.110 e. The summed E-state index contributed by atoms with van der Waals surface area (Å²) >= 11 is 0. The van der Waals surface area contributed by atoms with Gasteiger partial charge < -0.3 is 15.5 Å². The van der Waals surface area contributed by atoms with Crippen LogP contribution in [0.5, 0.6) is 0 Å². The largest absolute Gasteiger partial charge is 0.511 e. The van der Waals surface area contributed by atoms with Crippen LogP contribution in [0.1, 0.15) is 40.2 Å².